The summed E-state index contributed by atoms with van der Waals surface area (Å²) < 4.78 is 2.40. The summed E-state index contributed by atoms with van der Waals surface area (Å²) >= 11 is 0. The number of anilines is 3. The fourth-order valence-electron chi connectivity index (χ4n) is 11.0. The van der Waals surface area contributed by atoms with Crippen molar-refractivity contribution in [1.82, 2.24) is 4.57 Å². The predicted octanol–water partition coefficient (Wildman–Crippen LogP) is 19.9. The Morgan fingerprint density at radius 1 is 0.243 bits per heavy atom. The van der Waals surface area contributed by atoms with Crippen LogP contribution in [-0.4, -0.2) is 4.57 Å². The average molecular weight is 943 g/mol. The maximum absolute atomic E-state index is 2.45. The maximum atomic E-state index is 2.45. The van der Waals surface area contributed by atoms with E-state index in [1.165, 1.54) is 77.4 Å². The number of rotatable bonds is 11. The van der Waals surface area contributed by atoms with Crippen LogP contribution in [0.2, 0.25) is 0 Å². The van der Waals surface area contributed by atoms with E-state index in [1.54, 1.807) is 0 Å². The summed E-state index contributed by atoms with van der Waals surface area (Å²) in [4.78, 5) is 2.45. The highest BCUT2D eigenvalue weighted by Crippen LogP contribution is 2.49. The molecule has 1 aromatic heterocycles. The largest absolute Gasteiger partial charge is 0.310 e. The molecular formula is C72H50N2. The highest BCUT2D eigenvalue weighted by molar-refractivity contribution is 6.16. The van der Waals surface area contributed by atoms with Gasteiger partial charge in [-0.2, -0.15) is 0 Å². The van der Waals surface area contributed by atoms with Crippen molar-refractivity contribution in [3.8, 4) is 83.6 Å². The molecular weight excluding hydrogens is 893 g/mol. The summed E-state index contributed by atoms with van der Waals surface area (Å²) in [5.41, 5.74) is 23.2. The molecule has 0 aliphatic carbocycles. The lowest BCUT2D eigenvalue weighted by Crippen LogP contribution is -2.11. The Hall–Kier alpha value is -9.76. The number of hydrogen-bond acceptors (Lipinski definition) is 1. The number of aromatic nitrogens is 1. The molecule has 0 atom stereocenters. The van der Waals surface area contributed by atoms with Crippen LogP contribution < -0.4 is 4.90 Å². The first kappa shape index (κ1) is 44.2. The van der Waals surface area contributed by atoms with E-state index < -0.39 is 0 Å². The van der Waals surface area contributed by atoms with E-state index in [4.69, 9.17) is 0 Å². The SMILES string of the molecule is c1ccc(-c2ccc(-c3ccc(N(c4cccc(-c5cccc6c5c5ccccc5n6-c5ccccc5)c4)c4ccccc4-c4cccc(-c5ccccc5)c4-c4ccccc4-c4ccccc4)cc3)cc2)cc1. The lowest BCUT2D eigenvalue weighted by atomic mass is 9.84. The van der Waals surface area contributed by atoms with Crippen molar-refractivity contribution in [2.24, 2.45) is 0 Å². The Labute approximate surface area is 433 Å². The van der Waals surface area contributed by atoms with Crippen molar-refractivity contribution in [3.63, 3.8) is 0 Å². The summed E-state index contributed by atoms with van der Waals surface area (Å²) in [6.45, 7) is 0. The summed E-state index contributed by atoms with van der Waals surface area (Å²) in [5, 5.41) is 2.46. The normalized spacial score (nSPS) is 11.2. The average Bonchev–Trinajstić information content (AvgIpc) is 3.86. The van der Waals surface area contributed by atoms with Gasteiger partial charge in [-0.1, -0.05) is 249 Å². The van der Waals surface area contributed by atoms with Gasteiger partial charge in [0.05, 0.1) is 16.7 Å². The van der Waals surface area contributed by atoms with Gasteiger partial charge in [0.25, 0.3) is 0 Å². The molecule has 12 aromatic carbocycles. The van der Waals surface area contributed by atoms with E-state index in [9.17, 15) is 0 Å². The van der Waals surface area contributed by atoms with Crippen LogP contribution in [0.4, 0.5) is 17.1 Å². The molecule has 1 heterocycles. The summed E-state index contributed by atoms with van der Waals surface area (Å²) in [7, 11) is 0. The molecule has 0 aliphatic heterocycles. The molecule has 0 amide bonds. The third-order valence-electron chi connectivity index (χ3n) is 14.4. The molecule has 0 spiro atoms. The highest BCUT2D eigenvalue weighted by atomic mass is 15.1. The topological polar surface area (TPSA) is 8.17 Å². The zero-order valence-corrected chi connectivity index (χ0v) is 40.8. The molecule has 13 rings (SSSR count). The summed E-state index contributed by atoms with van der Waals surface area (Å²) in [5.74, 6) is 0. The minimum absolute atomic E-state index is 1.06. The zero-order valence-electron chi connectivity index (χ0n) is 40.8. The van der Waals surface area contributed by atoms with Gasteiger partial charge in [-0.15, -0.1) is 0 Å². The van der Waals surface area contributed by atoms with Gasteiger partial charge in [-0.25, -0.2) is 0 Å². The molecule has 2 nitrogen and oxygen atoms in total. The van der Waals surface area contributed by atoms with E-state index in [2.05, 4.69) is 313 Å². The summed E-state index contributed by atoms with van der Waals surface area (Å²) in [6, 6.07) is 110. The van der Waals surface area contributed by atoms with Gasteiger partial charge < -0.3 is 9.47 Å². The van der Waals surface area contributed by atoms with Crippen molar-refractivity contribution in [2.75, 3.05) is 4.90 Å². The quantitative estimate of drug-likeness (QED) is 0.125. The standard InChI is InChI=1S/C72H50N2/c1-5-22-51(23-6-1)52-42-44-53(45-43-52)54-46-48-59(49-47-54)73(60-31-19-28-57(50-60)63-37-21-41-70-72(63)67-35-16-18-40-69(67)74(70)58-29-11-4-12-30-58)68-39-17-15-33-64(68)66-38-20-36-62(56-26-9-3-10-27-56)71(66)65-34-14-13-32-61(65)55-24-7-2-8-25-55/h1-50H. The van der Waals surface area contributed by atoms with E-state index in [-0.39, 0.29) is 0 Å². The Morgan fingerprint density at radius 3 is 1.38 bits per heavy atom. The highest BCUT2D eigenvalue weighted by Gasteiger charge is 2.24. The molecule has 2 heteroatoms. The van der Waals surface area contributed by atoms with Crippen LogP contribution in [0, 0.1) is 0 Å². The molecule has 0 bridgehead atoms. The van der Waals surface area contributed by atoms with Gasteiger partial charge in [-0.05, 0) is 127 Å². The molecule has 0 fully saturated rings. The second-order valence-corrected chi connectivity index (χ2v) is 18.8. The molecule has 0 unspecified atom stereocenters. The first-order valence-electron chi connectivity index (χ1n) is 25.4. The minimum atomic E-state index is 1.06. The molecule has 0 saturated carbocycles. The molecule has 0 radical (unpaired) electrons. The Balaban J connectivity index is 1.01. The molecule has 0 aliphatic rings. The van der Waals surface area contributed by atoms with Gasteiger partial charge in [-0.3, -0.25) is 0 Å². The third-order valence-corrected chi connectivity index (χ3v) is 14.4. The number of para-hydroxylation sites is 3. The number of hydrogen-bond donors (Lipinski definition) is 0. The number of nitrogens with zero attached hydrogens (tertiary/aromatic N) is 2. The summed E-state index contributed by atoms with van der Waals surface area (Å²) in [6.07, 6.45) is 0. The second-order valence-electron chi connectivity index (χ2n) is 18.8. The van der Waals surface area contributed by atoms with Gasteiger partial charge in [0, 0.05) is 33.4 Å². The van der Waals surface area contributed by atoms with E-state index >= 15 is 0 Å². The second kappa shape index (κ2) is 19.4. The monoisotopic (exact) mass is 942 g/mol. The molecule has 0 N–H and O–H groups in total. The maximum Gasteiger partial charge on any atom is 0.0547 e. The molecule has 0 saturated heterocycles. The Bertz CT molecular complexity index is 4080. The van der Waals surface area contributed by atoms with Crippen molar-refractivity contribution < 1.29 is 0 Å². The van der Waals surface area contributed by atoms with Crippen LogP contribution in [0.25, 0.3) is 105 Å². The molecule has 13 aromatic rings. The van der Waals surface area contributed by atoms with Crippen LogP contribution in [-0.2, 0) is 0 Å². The minimum Gasteiger partial charge on any atom is -0.310 e. The van der Waals surface area contributed by atoms with Gasteiger partial charge in [0.1, 0.15) is 0 Å². The van der Waals surface area contributed by atoms with Crippen LogP contribution in [0.1, 0.15) is 0 Å². The van der Waals surface area contributed by atoms with Crippen molar-refractivity contribution in [3.05, 3.63) is 303 Å². The van der Waals surface area contributed by atoms with Crippen molar-refractivity contribution >= 4 is 38.9 Å². The van der Waals surface area contributed by atoms with Gasteiger partial charge in [0.2, 0.25) is 0 Å². The lowest BCUT2D eigenvalue weighted by molar-refractivity contribution is 1.18. The zero-order chi connectivity index (χ0) is 49.2. The Kier molecular flexibility index (Phi) is 11.6. The van der Waals surface area contributed by atoms with Gasteiger partial charge in [0.15, 0.2) is 0 Å². The first-order chi connectivity index (χ1) is 36.7. The van der Waals surface area contributed by atoms with E-state index in [1.807, 2.05) is 0 Å². The smallest absolute Gasteiger partial charge is 0.0547 e. The molecule has 74 heavy (non-hydrogen) atoms. The number of benzene rings is 12. The fourth-order valence-corrected chi connectivity index (χ4v) is 11.0. The Morgan fingerprint density at radius 2 is 0.689 bits per heavy atom. The van der Waals surface area contributed by atoms with E-state index in [0.29, 0.717) is 0 Å². The van der Waals surface area contributed by atoms with Gasteiger partial charge >= 0.3 is 0 Å². The fraction of sp³-hybridized carbons (Fsp3) is 0. The lowest BCUT2D eigenvalue weighted by Gasteiger charge is -2.29. The van der Waals surface area contributed by atoms with Crippen LogP contribution >= 0.6 is 0 Å². The first-order valence-corrected chi connectivity index (χ1v) is 25.4. The van der Waals surface area contributed by atoms with Crippen molar-refractivity contribution in [1.29, 1.82) is 0 Å². The van der Waals surface area contributed by atoms with Crippen LogP contribution in [0.15, 0.2) is 303 Å². The predicted molar refractivity (Wildman–Crippen MR) is 314 cm³/mol. The number of fused-ring (bicyclic) bond motifs is 3. The van der Waals surface area contributed by atoms with E-state index in [0.717, 1.165) is 45.0 Å². The third kappa shape index (κ3) is 8.15. The van der Waals surface area contributed by atoms with Crippen LogP contribution in [0.5, 0.6) is 0 Å². The van der Waals surface area contributed by atoms with Crippen molar-refractivity contribution in [2.45, 2.75) is 0 Å². The molecule has 348 valence electrons. The van der Waals surface area contributed by atoms with Crippen LogP contribution in [0.3, 0.4) is 0 Å².